The minimum absolute atomic E-state index is 0.115. The van der Waals surface area contributed by atoms with Gasteiger partial charge < -0.3 is 16.0 Å². The van der Waals surface area contributed by atoms with Gasteiger partial charge in [0.1, 0.15) is 5.70 Å². The van der Waals surface area contributed by atoms with Gasteiger partial charge in [-0.1, -0.05) is 71.8 Å². The van der Waals surface area contributed by atoms with Gasteiger partial charge in [-0.25, -0.2) is 0 Å². The van der Waals surface area contributed by atoms with E-state index in [-0.39, 0.29) is 23.3 Å². The fourth-order valence-corrected chi connectivity index (χ4v) is 4.48. The highest BCUT2D eigenvalue weighted by Gasteiger charge is 2.15. The number of carbonyl (C=O) groups excluding carboxylic acids is 3. The van der Waals surface area contributed by atoms with Crippen molar-refractivity contribution in [2.24, 2.45) is 0 Å². The third-order valence-corrected chi connectivity index (χ3v) is 6.85. The number of amides is 3. The van der Waals surface area contributed by atoms with Gasteiger partial charge in [0, 0.05) is 16.1 Å². The molecule has 196 valence electrons. The van der Waals surface area contributed by atoms with Gasteiger partial charge in [0.2, 0.25) is 5.91 Å². The highest BCUT2D eigenvalue weighted by molar-refractivity contribution is 8.00. The van der Waals surface area contributed by atoms with Crippen LogP contribution >= 0.6 is 23.4 Å². The first kappa shape index (κ1) is 27.7. The van der Waals surface area contributed by atoms with Gasteiger partial charge in [-0.15, -0.1) is 11.8 Å². The van der Waals surface area contributed by atoms with E-state index >= 15 is 0 Å². The smallest absolute Gasteiger partial charge is 0.272 e. The van der Waals surface area contributed by atoms with E-state index in [1.54, 1.807) is 66.7 Å². The number of rotatable bonds is 9. The lowest BCUT2D eigenvalue weighted by molar-refractivity contribution is -0.114. The summed E-state index contributed by atoms with van der Waals surface area (Å²) in [5.74, 6) is -0.816. The molecular weight excluding hydrogens is 530 g/mol. The van der Waals surface area contributed by atoms with Crippen LogP contribution in [0, 0.1) is 6.92 Å². The van der Waals surface area contributed by atoms with E-state index in [4.69, 9.17) is 11.6 Å². The van der Waals surface area contributed by atoms with Gasteiger partial charge in [-0.3, -0.25) is 14.4 Å². The number of para-hydroxylation sites is 1. The van der Waals surface area contributed by atoms with Crippen LogP contribution < -0.4 is 16.0 Å². The first-order valence-electron chi connectivity index (χ1n) is 12.1. The maximum absolute atomic E-state index is 13.2. The first-order chi connectivity index (χ1) is 18.9. The van der Waals surface area contributed by atoms with Crippen LogP contribution in [0.4, 0.5) is 11.4 Å². The number of thioether (sulfide) groups is 1. The second-order valence-corrected chi connectivity index (χ2v) is 10.0. The molecule has 0 unspecified atom stereocenters. The van der Waals surface area contributed by atoms with E-state index in [9.17, 15) is 14.4 Å². The highest BCUT2D eigenvalue weighted by atomic mass is 35.5. The molecule has 0 aromatic heterocycles. The van der Waals surface area contributed by atoms with E-state index in [0.29, 0.717) is 22.0 Å². The molecule has 0 spiro atoms. The molecule has 4 aromatic carbocycles. The van der Waals surface area contributed by atoms with Crippen LogP contribution in [0.2, 0.25) is 5.02 Å². The van der Waals surface area contributed by atoms with Gasteiger partial charge in [-0.2, -0.15) is 0 Å². The average Bonchev–Trinajstić information content (AvgIpc) is 2.94. The molecule has 0 saturated carbocycles. The standard InChI is InChI=1S/C31H26ClN3O3S/c1-21-8-7-9-22(18-21)19-28(35-30(37)23-10-3-2-4-11-23)31(38)33-24-14-16-25(17-15-24)39-20-29(36)34-27-13-6-5-12-26(27)32/h2-19H,20H2,1H3,(H,33,38)(H,34,36)(H,35,37)/b28-19-. The molecule has 0 heterocycles. The number of hydrogen-bond donors (Lipinski definition) is 3. The van der Waals surface area contributed by atoms with Gasteiger partial charge in [-0.05, 0) is 67.1 Å². The fraction of sp³-hybridized carbons (Fsp3) is 0.0645. The maximum Gasteiger partial charge on any atom is 0.272 e. The van der Waals surface area contributed by atoms with E-state index in [0.717, 1.165) is 16.0 Å². The number of nitrogens with one attached hydrogen (secondary N) is 3. The number of anilines is 2. The van der Waals surface area contributed by atoms with Crippen molar-refractivity contribution in [2.75, 3.05) is 16.4 Å². The summed E-state index contributed by atoms with van der Waals surface area (Å²) < 4.78 is 0. The Bertz CT molecular complexity index is 1510. The monoisotopic (exact) mass is 555 g/mol. The zero-order chi connectivity index (χ0) is 27.6. The number of benzene rings is 4. The Balaban J connectivity index is 1.41. The van der Waals surface area contributed by atoms with Crippen LogP contribution in [0.5, 0.6) is 0 Å². The summed E-state index contributed by atoms with van der Waals surface area (Å²) in [6, 6.07) is 30.5. The Hall–Kier alpha value is -4.33. The third-order valence-electron chi connectivity index (χ3n) is 5.51. The van der Waals surface area contributed by atoms with Crippen molar-refractivity contribution in [1.29, 1.82) is 0 Å². The lowest BCUT2D eigenvalue weighted by Gasteiger charge is -2.12. The molecule has 4 aromatic rings. The number of aryl methyl sites for hydroxylation is 1. The summed E-state index contributed by atoms with van der Waals surface area (Å²) in [6.45, 7) is 1.96. The molecule has 3 N–H and O–H groups in total. The molecule has 0 aliphatic rings. The minimum atomic E-state index is -0.458. The molecule has 0 fully saturated rings. The fourth-order valence-electron chi connectivity index (χ4n) is 3.60. The normalized spacial score (nSPS) is 11.0. The van der Waals surface area contributed by atoms with E-state index in [2.05, 4.69) is 16.0 Å². The predicted octanol–water partition coefficient (Wildman–Crippen LogP) is 6.79. The SMILES string of the molecule is Cc1cccc(/C=C(\NC(=O)c2ccccc2)C(=O)Nc2ccc(SCC(=O)Nc3ccccc3Cl)cc2)c1. The van der Waals surface area contributed by atoms with E-state index in [1.807, 2.05) is 49.4 Å². The molecule has 0 bridgehead atoms. The molecule has 0 aliphatic heterocycles. The largest absolute Gasteiger partial charge is 0.324 e. The average molecular weight is 556 g/mol. The van der Waals surface area contributed by atoms with Crippen LogP contribution in [0.15, 0.2) is 114 Å². The Morgan fingerprint density at radius 2 is 1.54 bits per heavy atom. The second kappa shape index (κ2) is 13.5. The van der Waals surface area contributed by atoms with Crippen molar-refractivity contribution >= 4 is 58.5 Å². The molecule has 39 heavy (non-hydrogen) atoms. The van der Waals surface area contributed by atoms with Crippen molar-refractivity contribution in [2.45, 2.75) is 11.8 Å². The molecule has 6 nitrogen and oxygen atoms in total. The molecule has 0 saturated heterocycles. The minimum Gasteiger partial charge on any atom is -0.324 e. The van der Waals surface area contributed by atoms with Crippen molar-refractivity contribution < 1.29 is 14.4 Å². The molecule has 4 rings (SSSR count). The van der Waals surface area contributed by atoms with Crippen LogP contribution in [0.25, 0.3) is 6.08 Å². The summed E-state index contributed by atoms with van der Waals surface area (Å²) in [6.07, 6.45) is 1.64. The summed E-state index contributed by atoms with van der Waals surface area (Å²) >= 11 is 7.46. The van der Waals surface area contributed by atoms with Crippen molar-refractivity contribution in [3.05, 3.63) is 131 Å². The molecule has 8 heteroatoms. The zero-order valence-electron chi connectivity index (χ0n) is 21.1. The summed E-state index contributed by atoms with van der Waals surface area (Å²) in [4.78, 5) is 39.2. The zero-order valence-corrected chi connectivity index (χ0v) is 22.7. The quantitative estimate of drug-likeness (QED) is 0.157. The Kier molecular flexibility index (Phi) is 9.56. The van der Waals surface area contributed by atoms with Gasteiger partial charge in [0.05, 0.1) is 16.5 Å². The summed E-state index contributed by atoms with van der Waals surface area (Å²) in [5.41, 5.74) is 3.50. The van der Waals surface area contributed by atoms with Crippen molar-refractivity contribution in [1.82, 2.24) is 5.32 Å². The number of carbonyl (C=O) groups is 3. The highest BCUT2D eigenvalue weighted by Crippen LogP contribution is 2.23. The Labute approximate surface area is 236 Å². The molecular formula is C31H26ClN3O3S. The van der Waals surface area contributed by atoms with Crippen molar-refractivity contribution in [3.8, 4) is 0 Å². The number of halogens is 1. The molecule has 0 atom stereocenters. The number of hydrogen-bond acceptors (Lipinski definition) is 4. The van der Waals surface area contributed by atoms with Crippen molar-refractivity contribution in [3.63, 3.8) is 0 Å². The Morgan fingerprint density at radius 1 is 0.821 bits per heavy atom. The maximum atomic E-state index is 13.2. The van der Waals surface area contributed by atoms with Gasteiger partial charge >= 0.3 is 0 Å². The lowest BCUT2D eigenvalue weighted by Crippen LogP contribution is -2.30. The second-order valence-electron chi connectivity index (χ2n) is 8.59. The first-order valence-corrected chi connectivity index (χ1v) is 13.5. The van der Waals surface area contributed by atoms with E-state index in [1.165, 1.54) is 11.8 Å². The van der Waals surface area contributed by atoms with Gasteiger partial charge in [0.15, 0.2) is 0 Å². The third kappa shape index (κ3) is 8.33. The molecule has 3 amide bonds. The summed E-state index contributed by atoms with van der Waals surface area (Å²) in [7, 11) is 0. The topological polar surface area (TPSA) is 87.3 Å². The Morgan fingerprint density at radius 3 is 2.26 bits per heavy atom. The van der Waals surface area contributed by atoms with E-state index < -0.39 is 5.91 Å². The van der Waals surface area contributed by atoms with Crippen LogP contribution in [-0.4, -0.2) is 23.5 Å². The predicted molar refractivity (Wildman–Crippen MR) is 159 cm³/mol. The molecule has 0 aliphatic carbocycles. The molecule has 0 radical (unpaired) electrons. The van der Waals surface area contributed by atoms with Crippen LogP contribution in [-0.2, 0) is 9.59 Å². The summed E-state index contributed by atoms with van der Waals surface area (Å²) in [5, 5.41) is 8.85. The lowest BCUT2D eigenvalue weighted by atomic mass is 10.1. The van der Waals surface area contributed by atoms with Gasteiger partial charge in [0.25, 0.3) is 11.8 Å². The van der Waals surface area contributed by atoms with Crippen LogP contribution in [0.1, 0.15) is 21.5 Å². The van der Waals surface area contributed by atoms with Crippen LogP contribution in [0.3, 0.4) is 0 Å².